The Morgan fingerprint density at radius 1 is 1.26 bits per heavy atom. The summed E-state index contributed by atoms with van der Waals surface area (Å²) in [6.07, 6.45) is 2.09. The fraction of sp³-hybridized carbons (Fsp3) is 0.417. The monoisotopic (exact) mass is 320 g/mol. The highest BCUT2D eigenvalue weighted by atomic mass is 35.5. The van der Waals surface area contributed by atoms with Crippen molar-refractivity contribution in [1.82, 2.24) is 0 Å². The maximum absolute atomic E-state index is 6.07. The molecule has 0 saturated carbocycles. The predicted molar refractivity (Wildman–Crippen MR) is 77.9 cm³/mol. The van der Waals surface area contributed by atoms with Crippen molar-refractivity contribution in [2.75, 3.05) is 32.0 Å². The van der Waals surface area contributed by atoms with Gasteiger partial charge in [-0.1, -0.05) is 0 Å². The van der Waals surface area contributed by atoms with Crippen LogP contribution in [0.3, 0.4) is 0 Å². The largest absolute Gasteiger partial charge is 1.00 e. The summed E-state index contributed by atoms with van der Waals surface area (Å²) in [6.45, 7) is 0.905. The Morgan fingerprint density at radius 3 is 2.47 bits per heavy atom. The van der Waals surface area contributed by atoms with E-state index in [-0.39, 0.29) is 12.4 Å². The summed E-state index contributed by atoms with van der Waals surface area (Å²) in [5.74, 6) is 2.51. The van der Waals surface area contributed by atoms with E-state index in [1.54, 1.807) is 25.6 Å². The fourth-order valence-electron chi connectivity index (χ4n) is 1.84. The van der Waals surface area contributed by atoms with Gasteiger partial charge in [-0.05, 0) is 17.6 Å². The number of fused-ring (bicyclic) bond motifs is 1. The highest BCUT2D eigenvalue weighted by Gasteiger charge is 2.18. The highest BCUT2D eigenvalue weighted by molar-refractivity contribution is 7.98. The molecule has 0 saturated heterocycles. The Morgan fingerprint density at radius 2 is 1.89 bits per heavy atom. The van der Waals surface area contributed by atoms with Crippen LogP contribution in [0.4, 0.5) is 5.13 Å². The summed E-state index contributed by atoms with van der Waals surface area (Å²) in [6, 6.07) is 3.96. The summed E-state index contributed by atoms with van der Waals surface area (Å²) in [5, 5.41) is 0.814. The van der Waals surface area contributed by atoms with Gasteiger partial charge in [0.25, 0.3) is 0 Å². The summed E-state index contributed by atoms with van der Waals surface area (Å²) >= 11 is 3.38. The molecule has 1 heterocycles. The minimum Gasteiger partial charge on any atom is -1.00 e. The molecule has 2 aromatic rings. The molecule has 0 amide bonds. The smallest absolute Gasteiger partial charge is 0.332 e. The van der Waals surface area contributed by atoms with Crippen molar-refractivity contribution in [3.63, 3.8) is 0 Å². The number of ether oxygens (including phenoxy) is 2. The molecular weight excluding hydrogens is 304 g/mol. The number of methoxy groups -OCH3 is 2. The van der Waals surface area contributed by atoms with Crippen LogP contribution in [0.5, 0.6) is 11.5 Å². The lowest BCUT2D eigenvalue weighted by Crippen LogP contribution is -3.00. The second-order valence-corrected chi connectivity index (χ2v) is 5.81. The standard InChI is InChI=1S/C12H16N2O2S2.ClH/c1-15-9-6-8-11(7-10(9)16-2)18-12(13)14(8)4-5-17-3;/h6-7,13H,4-5H2,1-3H3;1H. The van der Waals surface area contributed by atoms with Gasteiger partial charge in [-0.2, -0.15) is 11.8 Å². The molecule has 0 aliphatic carbocycles. The van der Waals surface area contributed by atoms with Gasteiger partial charge >= 0.3 is 5.13 Å². The molecule has 0 atom stereocenters. The van der Waals surface area contributed by atoms with Gasteiger partial charge in [-0.15, -0.1) is 0 Å². The molecule has 2 rings (SSSR count). The van der Waals surface area contributed by atoms with Crippen LogP contribution in [-0.2, 0) is 6.54 Å². The first-order valence-corrected chi connectivity index (χ1v) is 7.75. The molecular formula is C12H17ClN2O2S2. The third kappa shape index (κ3) is 3.19. The van der Waals surface area contributed by atoms with E-state index >= 15 is 0 Å². The number of nitrogen functional groups attached to an aromatic ring is 1. The van der Waals surface area contributed by atoms with Gasteiger partial charge < -0.3 is 21.9 Å². The number of anilines is 1. The number of aryl methyl sites for hydroxylation is 1. The number of rotatable bonds is 5. The van der Waals surface area contributed by atoms with E-state index in [1.807, 2.05) is 23.9 Å². The Kier molecular flexibility index (Phi) is 6.03. The first-order valence-electron chi connectivity index (χ1n) is 5.54. The zero-order chi connectivity index (χ0) is 13.1. The molecule has 1 aromatic carbocycles. The Hall–Kier alpha value is -0.850. The van der Waals surface area contributed by atoms with Crippen LogP contribution < -0.4 is 32.2 Å². The van der Waals surface area contributed by atoms with Crippen molar-refractivity contribution >= 4 is 38.4 Å². The van der Waals surface area contributed by atoms with Gasteiger partial charge in [0, 0.05) is 17.9 Å². The van der Waals surface area contributed by atoms with Crippen molar-refractivity contribution in [3.05, 3.63) is 12.1 Å². The van der Waals surface area contributed by atoms with Gasteiger partial charge in [0.1, 0.15) is 12.1 Å². The second kappa shape index (κ2) is 7.07. The molecule has 2 N–H and O–H groups in total. The summed E-state index contributed by atoms with van der Waals surface area (Å²) in [4.78, 5) is 0. The van der Waals surface area contributed by atoms with Crippen LogP contribution in [0.15, 0.2) is 12.1 Å². The van der Waals surface area contributed by atoms with Gasteiger partial charge in [-0.3, -0.25) is 5.73 Å². The van der Waals surface area contributed by atoms with Crippen LogP contribution in [0.1, 0.15) is 0 Å². The van der Waals surface area contributed by atoms with Gasteiger partial charge in [0.2, 0.25) is 0 Å². The minimum atomic E-state index is 0. The Labute approximate surface area is 127 Å². The van der Waals surface area contributed by atoms with E-state index in [0.29, 0.717) is 0 Å². The van der Waals surface area contributed by atoms with Crippen molar-refractivity contribution in [2.45, 2.75) is 6.54 Å². The van der Waals surface area contributed by atoms with Crippen LogP contribution in [-0.4, -0.2) is 26.2 Å². The van der Waals surface area contributed by atoms with Crippen LogP contribution in [0.2, 0.25) is 0 Å². The van der Waals surface area contributed by atoms with Crippen LogP contribution in [0.25, 0.3) is 10.2 Å². The van der Waals surface area contributed by atoms with E-state index in [0.717, 1.165) is 39.1 Å². The number of halogens is 1. The molecule has 0 aliphatic rings. The van der Waals surface area contributed by atoms with E-state index < -0.39 is 0 Å². The topological polar surface area (TPSA) is 48.4 Å². The number of hydrogen-bond acceptors (Lipinski definition) is 5. The van der Waals surface area contributed by atoms with Gasteiger partial charge in [-0.25, -0.2) is 4.57 Å². The number of hydrogen-bond donors (Lipinski definition) is 1. The second-order valence-electron chi connectivity index (χ2n) is 3.76. The first kappa shape index (κ1) is 16.2. The molecule has 1 aromatic heterocycles. The van der Waals surface area contributed by atoms with Crippen molar-refractivity contribution in [3.8, 4) is 11.5 Å². The third-order valence-corrected chi connectivity index (χ3v) is 4.32. The van der Waals surface area contributed by atoms with Gasteiger partial charge in [0.15, 0.2) is 11.5 Å². The molecule has 0 radical (unpaired) electrons. The number of nitrogens with two attached hydrogens (primary N) is 1. The average Bonchev–Trinajstić information content (AvgIpc) is 2.69. The minimum absolute atomic E-state index is 0. The van der Waals surface area contributed by atoms with Crippen molar-refractivity contribution < 1.29 is 26.4 Å². The van der Waals surface area contributed by atoms with Crippen molar-refractivity contribution in [1.29, 1.82) is 0 Å². The Balaban J connectivity index is 0.00000180. The molecule has 0 aliphatic heterocycles. The van der Waals surface area contributed by atoms with Gasteiger partial charge in [0.05, 0.1) is 18.9 Å². The maximum atomic E-state index is 6.07. The normalized spacial score (nSPS) is 10.3. The zero-order valence-electron chi connectivity index (χ0n) is 11.1. The SMILES string of the molecule is COc1cc2sc(N)[n+](CCSC)c2cc1OC.[Cl-]. The molecule has 4 nitrogen and oxygen atoms in total. The summed E-state index contributed by atoms with van der Waals surface area (Å²) < 4.78 is 13.9. The third-order valence-electron chi connectivity index (χ3n) is 2.76. The number of benzene rings is 1. The van der Waals surface area contributed by atoms with Crippen LogP contribution >= 0.6 is 23.1 Å². The molecule has 7 heteroatoms. The van der Waals surface area contributed by atoms with E-state index in [9.17, 15) is 0 Å². The highest BCUT2D eigenvalue weighted by Crippen LogP contribution is 2.34. The lowest BCUT2D eigenvalue weighted by atomic mass is 10.3. The quantitative estimate of drug-likeness (QED) is 0.730. The number of nitrogens with zero attached hydrogens (tertiary/aromatic N) is 1. The average molecular weight is 321 g/mol. The fourth-order valence-corrected chi connectivity index (χ4v) is 3.17. The molecule has 106 valence electrons. The summed E-state index contributed by atoms with van der Waals surface area (Å²) in [5.41, 5.74) is 7.17. The molecule has 0 bridgehead atoms. The first-order chi connectivity index (χ1) is 8.71. The molecule has 0 unspecified atom stereocenters. The van der Waals surface area contributed by atoms with Crippen molar-refractivity contribution in [2.24, 2.45) is 0 Å². The maximum Gasteiger partial charge on any atom is 0.332 e. The lowest BCUT2D eigenvalue weighted by molar-refractivity contribution is -0.648. The number of thiazole rings is 1. The predicted octanol–water partition coefficient (Wildman–Crippen LogP) is -0.845. The van der Waals surface area contributed by atoms with Crippen LogP contribution in [0, 0.1) is 0 Å². The molecule has 19 heavy (non-hydrogen) atoms. The molecule has 0 spiro atoms. The van der Waals surface area contributed by atoms with E-state index in [2.05, 4.69) is 10.8 Å². The van der Waals surface area contributed by atoms with E-state index in [4.69, 9.17) is 15.2 Å². The Bertz CT molecular complexity index is 560. The number of thioether (sulfide) groups is 1. The number of aromatic nitrogens is 1. The lowest BCUT2D eigenvalue weighted by Gasteiger charge is -2.06. The van der Waals surface area contributed by atoms with E-state index in [1.165, 1.54) is 0 Å². The summed E-state index contributed by atoms with van der Waals surface area (Å²) in [7, 11) is 3.29. The zero-order valence-corrected chi connectivity index (χ0v) is 13.5. The molecule has 0 fully saturated rings.